The second-order valence-electron chi connectivity index (χ2n) is 10.3. The van der Waals surface area contributed by atoms with Crippen molar-refractivity contribution in [3.63, 3.8) is 0 Å². The van der Waals surface area contributed by atoms with Gasteiger partial charge >= 0.3 is 11.9 Å². The molecule has 1 aliphatic rings. The lowest BCUT2D eigenvalue weighted by atomic mass is 9.95. The SMILES string of the molecule is C=CCOC(=O)c1sc(N2C(=O)C(=O)C(=C(O)c3ccc(OCC)cc3)C2c2ccc(OCc3ccccc3)c(OCC)c2)nc1C. The third kappa shape index (κ3) is 7.05. The summed E-state index contributed by atoms with van der Waals surface area (Å²) in [5, 5.41) is 11.7. The van der Waals surface area contributed by atoms with Gasteiger partial charge in [-0.15, -0.1) is 0 Å². The number of rotatable bonds is 13. The van der Waals surface area contributed by atoms with E-state index < -0.39 is 23.7 Å². The van der Waals surface area contributed by atoms with Crippen LogP contribution in [0.1, 0.15) is 51.9 Å². The minimum Gasteiger partial charge on any atom is -0.507 e. The van der Waals surface area contributed by atoms with Crippen molar-refractivity contribution in [3.8, 4) is 17.2 Å². The number of Topliss-reactive ketones (excluding diaryl/α,β-unsaturated/α-hetero) is 1. The largest absolute Gasteiger partial charge is 0.507 e. The van der Waals surface area contributed by atoms with Crippen molar-refractivity contribution in [1.82, 2.24) is 4.98 Å². The number of aryl methyl sites for hydroxylation is 1. The Morgan fingerprint density at radius 3 is 2.38 bits per heavy atom. The van der Waals surface area contributed by atoms with Crippen LogP contribution in [-0.4, -0.2) is 47.6 Å². The van der Waals surface area contributed by atoms with Crippen LogP contribution in [-0.2, 0) is 20.9 Å². The summed E-state index contributed by atoms with van der Waals surface area (Å²) in [5.41, 5.74) is 1.91. The molecule has 0 radical (unpaired) electrons. The van der Waals surface area contributed by atoms with Gasteiger partial charge in [-0.1, -0.05) is 60.4 Å². The van der Waals surface area contributed by atoms with E-state index in [2.05, 4.69) is 11.6 Å². The van der Waals surface area contributed by atoms with Crippen LogP contribution in [0.3, 0.4) is 0 Å². The van der Waals surface area contributed by atoms with Gasteiger partial charge in [-0.3, -0.25) is 14.5 Å². The molecule has 5 rings (SSSR count). The van der Waals surface area contributed by atoms with Crippen molar-refractivity contribution >= 4 is 39.9 Å². The molecule has 10 nitrogen and oxygen atoms in total. The molecule has 1 amide bonds. The van der Waals surface area contributed by atoms with Gasteiger partial charge in [0.1, 0.15) is 29.6 Å². The number of thiazole rings is 1. The number of carbonyl (C=O) groups is 3. The van der Waals surface area contributed by atoms with E-state index in [0.29, 0.717) is 53.9 Å². The van der Waals surface area contributed by atoms with E-state index in [9.17, 15) is 19.5 Å². The molecule has 2 heterocycles. The predicted molar refractivity (Wildman–Crippen MR) is 178 cm³/mol. The highest BCUT2D eigenvalue weighted by molar-refractivity contribution is 7.17. The zero-order valence-corrected chi connectivity index (χ0v) is 27.0. The Kier molecular flexibility index (Phi) is 10.4. The van der Waals surface area contributed by atoms with Gasteiger partial charge in [-0.2, -0.15) is 0 Å². The fourth-order valence-corrected chi connectivity index (χ4v) is 6.06. The lowest BCUT2D eigenvalue weighted by Crippen LogP contribution is -2.29. The minimum atomic E-state index is -1.12. The van der Waals surface area contributed by atoms with Crippen LogP contribution in [0, 0.1) is 6.92 Å². The average Bonchev–Trinajstić information content (AvgIpc) is 3.59. The fourth-order valence-electron chi connectivity index (χ4n) is 5.07. The first-order chi connectivity index (χ1) is 22.8. The molecule has 1 atom stereocenters. The molecule has 1 N–H and O–H groups in total. The van der Waals surface area contributed by atoms with Gasteiger partial charge in [0, 0.05) is 5.56 Å². The minimum absolute atomic E-state index is 0.00297. The number of aliphatic hydroxyl groups excluding tert-OH is 1. The van der Waals surface area contributed by atoms with E-state index in [1.54, 1.807) is 49.4 Å². The first-order valence-electron chi connectivity index (χ1n) is 15.0. The van der Waals surface area contributed by atoms with Gasteiger partial charge in [0.05, 0.1) is 30.5 Å². The van der Waals surface area contributed by atoms with Crippen LogP contribution < -0.4 is 19.1 Å². The monoisotopic (exact) mass is 654 g/mol. The summed E-state index contributed by atoms with van der Waals surface area (Å²) in [4.78, 5) is 46.1. The van der Waals surface area contributed by atoms with Gasteiger partial charge in [-0.25, -0.2) is 9.78 Å². The van der Waals surface area contributed by atoms with E-state index in [4.69, 9.17) is 18.9 Å². The summed E-state index contributed by atoms with van der Waals surface area (Å²) in [6.07, 6.45) is 1.44. The maximum atomic E-state index is 13.8. The van der Waals surface area contributed by atoms with Gasteiger partial charge in [0.15, 0.2) is 16.6 Å². The van der Waals surface area contributed by atoms with Crippen molar-refractivity contribution in [2.24, 2.45) is 0 Å². The molecule has 1 aliphatic heterocycles. The number of ether oxygens (including phenoxy) is 4. The molecule has 4 aromatic rings. The number of benzene rings is 3. The van der Waals surface area contributed by atoms with Crippen LogP contribution >= 0.6 is 11.3 Å². The molecule has 3 aromatic carbocycles. The number of ketones is 1. The fraction of sp³-hybridized carbons (Fsp3) is 0.222. The number of nitrogens with zero attached hydrogens (tertiary/aromatic N) is 2. The summed E-state index contributed by atoms with van der Waals surface area (Å²) in [5.74, 6) is -1.40. The highest BCUT2D eigenvalue weighted by atomic mass is 32.1. The lowest BCUT2D eigenvalue weighted by molar-refractivity contribution is -0.132. The van der Waals surface area contributed by atoms with Crippen LogP contribution in [0.15, 0.2) is 91.0 Å². The van der Waals surface area contributed by atoms with Crippen molar-refractivity contribution in [1.29, 1.82) is 0 Å². The Morgan fingerprint density at radius 2 is 1.70 bits per heavy atom. The van der Waals surface area contributed by atoms with Gasteiger partial charge in [0.2, 0.25) is 0 Å². The third-order valence-corrected chi connectivity index (χ3v) is 8.35. The lowest BCUT2D eigenvalue weighted by Gasteiger charge is -2.24. The molecule has 0 bridgehead atoms. The van der Waals surface area contributed by atoms with Crippen LogP contribution in [0.5, 0.6) is 17.2 Å². The van der Waals surface area contributed by atoms with E-state index in [-0.39, 0.29) is 27.9 Å². The zero-order valence-electron chi connectivity index (χ0n) is 26.2. The Morgan fingerprint density at radius 1 is 0.979 bits per heavy atom. The predicted octanol–water partition coefficient (Wildman–Crippen LogP) is 6.80. The topological polar surface area (TPSA) is 124 Å². The van der Waals surface area contributed by atoms with Gasteiger partial charge < -0.3 is 24.1 Å². The number of hydrogen-bond acceptors (Lipinski definition) is 10. The first kappa shape index (κ1) is 33.0. The molecule has 1 unspecified atom stereocenters. The number of aromatic nitrogens is 1. The highest BCUT2D eigenvalue weighted by Gasteiger charge is 2.48. The molecular weight excluding hydrogens is 620 g/mol. The summed E-state index contributed by atoms with van der Waals surface area (Å²) >= 11 is 0.916. The summed E-state index contributed by atoms with van der Waals surface area (Å²) in [7, 11) is 0. The molecule has 1 fully saturated rings. The summed E-state index contributed by atoms with van der Waals surface area (Å²) < 4.78 is 22.7. The number of anilines is 1. The smallest absolute Gasteiger partial charge is 0.350 e. The van der Waals surface area contributed by atoms with Crippen LogP contribution in [0.4, 0.5) is 5.13 Å². The van der Waals surface area contributed by atoms with Crippen molar-refractivity contribution < 1.29 is 38.4 Å². The van der Waals surface area contributed by atoms with Gasteiger partial charge in [0.25, 0.3) is 5.78 Å². The Bertz CT molecular complexity index is 1810. The van der Waals surface area contributed by atoms with E-state index in [0.717, 1.165) is 16.9 Å². The van der Waals surface area contributed by atoms with Crippen molar-refractivity contribution in [3.05, 3.63) is 118 Å². The number of amides is 1. The molecule has 0 spiro atoms. The quantitative estimate of drug-likeness (QED) is 0.0545. The normalized spacial score (nSPS) is 15.4. The maximum Gasteiger partial charge on any atom is 0.350 e. The van der Waals surface area contributed by atoms with E-state index in [1.807, 2.05) is 44.2 Å². The molecule has 11 heteroatoms. The summed E-state index contributed by atoms with van der Waals surface area (Å²) in [6, 6.07) is 20.2. The molecular formula is C36H34N2O8S. The Labute approximate surface area is 276 Å². The number of carbonyl (C=O) groups excluding carboxylic acids is 3. The molecule has 0 aliphatic carbocycles. The van der Waals surface area contributed by atoms with Gasteiger partial charge in [-0.05, 0) is 68.3 Å². The standard InChI is InChI=1S/C36H34N2O8S/c1-5-19-45-35(42)33-22(4)37-36(47-33)38-30(29(32(40)34(38)41)31(39)24-13-16-26(17-14-24)43-6-2)25-15-18-27(28(20-25)44-7-3)46-21-23-11-9-8-10-12-23/h5,8-18,20,30,39H,1,6-7,19,21H2,2-4H3. The summed E-state index contributed by atoms with van der Waals surface area (Å²) in [6.45, 7) is 9.93. The van der Waals surface area contributed by atoms with Crippen LogP contribution in [0.25, 0.3) is 5.76 Å². The number of hydrogen-bond donors (Lipinski definition) is 1. The Balaban J connectivity index is 1.62. The second kappa shape index (κ2) is 14.8. The van der Waals surface area contributed by atoms with Crippen molar-refractivity contribution in [2.75, 3.05) is 24.7 Å². The highest BCUT2D eigenvalue weighted by Crippen LogP contribution is 2.45. The Hall–Kier alpha value is -5.42. The van der Waals surface area contributed by atoms with Crippen LogP contribution in [0.2, 0.25) is 0 Å². The third-order valence-electron chi connectivity index (χ3n) is 7.21. The molecule has 1 aromatic heterocycles. The van der Waals surface area contributed by atoms with E-state index in [1.165, 1.54) is 11.0 Å². The van der Waals surface area contributed by atoms with Crippen molar-refractivity contribution in [2.45, 2.75) is 33.4 Å². The molecule has 47 heavy (non-hydrogen) atoms. The molecule has 0 saturated carbocycles. The average molecular weight is 655 g/mol. The number of aliphatic hydroxyl groups is 1. The molecule has 242 valence electrons. The zero-order chi connectivity index (χ0) is 33.5. The maximum absolute atomic E-state index is 13.8. The second-order valence-corrected chi connectivity index (χ2v) is 11.3. The first-order valence-corrected chi connectivity index (χ1v) is 15.8. The molecule has 1 saturated heterocycles. The number of esters is 1. The van der Waals surface area contributed by atoms with E-state index >= 15 is 0 Å².